The third-order valence-electron chi connectivity index (χ3n) is 3.56. The summed E-state index contributed by atoms with van der Waals surface area (Å²) in [6, 6.07) is 5.09. The Kier molecular flexibility index (Phi) is 6.85. The van der Waals surface area contributed by atoms with E-state index in [1.165, 1.54) is 12.1 Å². The SMILES string of the molecule is C=CCN(C)C=Nc1cc(Br)c(OC(C)c2cc(F)cc(F)c2)nc1C. The summed E-state index contributed by atoms with van der Waals surface area (Å²) in [6.45, 7) is 7.87. The number of pyridine rings is 1. The number of aromatic nitrogens is 1. The van der Waals surface area contributed by atoms with Gasteiger partial charge in [0.2, 0.25) is 5.88 Å². The molecule has 26 heavy (non-hydrogen) atoms. The zero-order valence-corrected chi connectivity index (χ0v) is 16.4. The summed E-state index contributed by atoms with van der Waals surface area (Å²) in [5, 5.41) is 0. The lowest BCUT2D eigenvalue weighted by molar-refractivity contribution is 0.214. The van der Waals surface area contributed by atoms with Crippen molar-refractivity contribution in [3.8, 4) is 5.88 Å². The van der Waals surface area contributed by atoms with E-state index in [9.17, 15) is 8.78 Å². The highest BCUT2D eigenvalue weighted by Gasteiger charge is 2.15. The van der Waals surface area contributed by atoms with E-state index in [1.54, 1.807) is 25.4 Å². The standard InChI is InChI=1S/C19H20BrF2N3O/c1-5-6-25(4)11-23-18-10-17(20)19(24-12(18)2)26-13(3)14-7-15(21)9-16(22)8-14/h5,7-11,13H,1,6H2,2-4H3. The molecule has 0 saturated carbocycles. The first-order chi connectivity index (χ1) is 12.3. The Morgan fingerprint density at radius 2 is 1.96 bits per heavy atom. The summed E-state index contributed by atoms with van der Waals surface area (Å²) >= 11 is 3.41. The summed E-state index contributed by atoms with van der Waals surface area (Å²) in [5.41, 5.74) is 1.75. The van der Waals surface area contributed by atoms with Gasteiger partial charge in [-0.15, -0.1) is 6.58 Å². The van der Waals surface area contributed by atoms with Crippen LogP contribution in [0.15, 0.2) is 46.4 Å². The Morgan fingerprint density at radius 1 is 1.31 bits per heavy atom. The molecule has 0 aliphatic heterocycles. The van der Waals surface area contributed by atoms with Crippen LogP contribution in [0.4, 0.5) is 14.5 Å². The smallest absolute Gasteiger partial charge is 0.228 e. The van der Waals surface area contributed by atoms with Gasteiger partial charge in [-0.05, 0) is 53.5 Å². The van der Waals surface area contributed by atoms with Gasteiger partial charge in [0.25, 0.3) is 0 Å². The highest BCUT2D eigenvalue weighted by Crippen LogP contribution is 2.32. The maximum absolute atomic E-state index is 13.4. The summed E-state index contributed by atoms with van der Waals surface area (Å²) in [6.07, 6.45) is 2.90. The Balaban J connectivity index is 2.20. The van der Waals surface area contributed by atoms with Crippen molar-refractivity contribution in [2.45, 2.75) is 20.0 Å². The van der Waals surface area contributed by atoms with E-state index in [2.05, 4.69) is 32.5 Å². The van der Waals surface area contributed by atoms with Gasteiger partial charge < -0.3 is 9.64 Å². The lowest BCUT2D eigenvalue weighted by Gasteiger charge is -2.17. The van der Waals surface area contributed by atoms with Crippen molar-refractivity contribution in [2.24, 2.45) is 4.99 Å². The van der Waals surface area contributed by atoms with E-state index in [1.807, 2.05) is 18.9 Å². The molecule has 2 rings (SSSR count). The zero-order valence-electron chi connectivity index (χ0n) is 14.8. The second-order valence-corrected chi connectivity index (χ2v) is 6.67. The van der Waals surface area contributed by atoms with Gasteiger partial charge in [-0.1, -0.05) is 6.08 Å². The lowest BCUT2D eigenvalue weighted by Crippen LogP contribution is -2.15. The predicted octanol–water partition coefficient (Wildman–Crippen LogP) is 5.35. The van der Waals surface area contributed by atoms with E-state index in [-0.39, 0.29) is 0 Å². The minimum absolute atomic E-state index is 0.332. The van der Waals surface area contributed by atoms with E-state index in [4.69, 9.17) is 4.74 Å². The molecule has 0 radical (unpaired) electrons. The van der Waals surface area contributed by atoms with Crippen LogP contribution >= 0.6 is 15.9 Å². The average molecular weight is 424 g/mol. The topological polar surface area (TPSA) is 37.7 Å². The number of hydrogen-bond donors (Lipinski definition) is 0. The highest BCUT2D eigenvalue weighted by molar-refractivity contribution is 9.10. The number of nitrogens with zero attached hydrogens (tertiary/aromatic N) is 3. The minimum Gasteiger partial charge on any atom is -0.469 e. The number of aryl methyl sites for hydroxylation is 1. The molecule has 2 aromatic rings. The second kappa shape index (κ2) is 8.89. The average Bonchev–Trinajstić information content (AvgIpc) is 2.56. The van der Waals surface area contributed by atoms with Crippen molar-refractivity contribution < 1.29 is 13.5 Å². The first-order valence-electron chi connectivity index (χ1n) is 7.95. The number of ether oxygens (including phenoxy) is 1. The van der Waals surface area contributed by atoms with Gasteiger partial charge >= 0.3 is 0 Å². The number of hydrogen-bond acceptors (Lipinski definition) is 3. The van der Waals surface area contributed by atoms with E-state index < -0.39 is 17.7 Å². The van der Waals surface area contributed by atoms with Gasteiger partial charge in [-0.2, -0.15) is 0 Å². The molecule has 0 spiro atoms. The van der Waals surface area contributed by atoms with Crippen LogP contribution in [-0.2, 0) is 0 Å². The van der Waals surface area contributed by atoms with Crippen molar-refractivity contribution in [1.82, 2.24) is 9.88 Å². The normalized spacial score (nSPS) is 12.2. The molecule has 0 saturated heterocycles. The maximum Gasteiger partial charge on any atom is 0.228 e. The molecule has 0 bridgehead atoms. The first-order valence-corrected chi connectivity index (χ1v) is 8.74. The van der Waals surface area contributed by atoms with Crippen molar-refractivity contribution in [3.05, 3.63) is 64.3 Å². The van der Waals surface area contributed by atoms with Gasteiger partial charge in [0.15, 0.2) is 0 Å². The number of aliphatic imine (C=N–C) groups is 1. The van der Waals surface area contributed by atoms with Gasteiger partial charge in [0, 0.05) is 19.7 Å². The molecule has 138 valence electrons. The van der Waals surface area contributed by atoms with Crippen molar-refractivity contribution >= 4 is 28.0 Å². The molecule has 1 atom stereocenters. The molecule has 0 aliphatic rings. The van der Waals surface area contributed by atoms with Gasteiger partial charge in [-0.3, -0.25) is 0 Å². The molecule has 0 N–H and O–H groups in total. The Morgan fingerprint density at radius 3 is 2.58 bits per heavy atom. The van der Waals surface area contributed by atoms with Crippen LogP contribution in [0.25, 0.3) is 0 Å². The molecule has 1 unspecified atom stereocenters. The fourth-order valence-corrected chi connectivity index (χ4v) is 2.62. The second-order valence-electron chi connectivity index (χ2n) is 5.82. The summed E-state index contributed by atoms with van der Waals surface area (Å²) in [7, 11) is 1.89. The molecule has 7 heteroatoms. The summed E-state index contributed by atoms with van der Waals surface area (Å²) in [5.74, 6) is -0.961. The number of rotatable bonds is 7. The maximum atomic E-state index is 13.4. The fraction of sp³-hybridized carbons (Fsp3) is 0.263. The number of likely N-dealkylation sites (N-methyl/N-ethyl adjacent to an activating group) is 1. The molecule has 4 nitrogen and oxygen atoms in total. The summed E-state index contributed by atoms with van der Waals surface area (Å²) in [4.78, 5) is 10.7. The largest absolute Gasteiger partial charge is 0.469 e. The van der Waals surface area contributed by atoms with Crippen molar-refractivity contribution in [2.75, 3.05) is 13.6 Å². The van der Waals surface area contributed by atoms with E-state index in [0.717, 1.165) is 6.07 Å². The fourth-order valence-electron chi connectivity index (χ4n) is 2.22. The minimum atomic E-state index is -0.646. The number of benzene rings is 1. The predicted molar refractivity (Wildman–Crippen MR) is 103 cm³/mol. The van der Waals surface area contributed by atoms with Crippen molar-refractivity contribution in [1.29, 1.82) is 0 Å². The van der Waals surface area contributed by atoms with Gasteiger partial charge in [0.05, 0.1) is 22.2 Å². The Hall–Kier alpha value is -2.28. The zero-order chi connectivity index (χ0) is 19.3. The van der Waals surface area contributed by atoms with Crippen LogP contribution in [-0.4, -0.2) is 29.8 Å². The van der Waals surface area contributed by atoms with E-state index in [0.29, 0.717) is 33.8 Å². The summed E-state index contributed by atoms with van der Waals surface area (Å²) < 4.78 is 33.1. The van der Waals surface area contributed by atoms with Crippen LogP contribution in [0.2, 0.25) is 0 Å². The molecule has 1 heterocycles. The first kappa shape index (κ1) is 20.0. The molecule has 0 aliphatic carbocycles. The molecule has 1 aromatic carbocycles. The van der Waals surface area contributed by atoms with Gasteiger partial charge in [-0.25, -0.2) is 18.8 Å². The molecular weight excluding hydrogens is 404 g/mol. The molecule has 0 amide bonds. The van der Waals surface area contributed by atoms with Crippen molar-refractivity contribution in [3.63, 3.8) is 0 Å². The van der Waals surface area contributed by atoms with E-state index >= 15 is 0 Å². The Labute approximate surface area is 160 Å². The monoisotopic (exact) mass is 423 g/mol. The van der Waals surface area contributed by atoms with Crippen LogP contribution in [0.3, 0.4) is 0 Å². The molecule has 1 aromatic heterocycles. The number of halogens is 3. The van der Waals surface area contributed by atoms with Crippen LogP contribution in [0.5, 0.6) is 5.88 Å². The van der Waals surface area contributed by atoms with Crippen LogP contribution in [0, 0.1) is 18.6 Å². The molecule has 0 fully saturated rings. The highest BCUT2D eigenvalue weighted by atomic mass is 79.9. The van der Waals surface area contributed by atoms with Crippen LogP contribution < -0.4 is 4.74 Å². The Bertz CT molecular complexity index is 806. The van der Waals surface area contributed by atoms with Gasteiger partial charge in [0.1, 0.15) is 17.7 Å². The quantitative estimate of drug-likeness (QED) is 0.342. The lowest BCUT2D eigenvalue weighted by atomic mass is 10.1. The molecular formula is C19H20BrF2N3O. The third kappa shape index (κ3) is 5.36. The van der Waals surface area contributed by atoms with Crippen LogP contribution in [0.1, 0.15) is 24.3 Å². The third-order valence-corrected chi connectivity index (χ3v) is 4.13.